The molecule has 1 fully saturated rings. The smallest absolute Gasteiger partial charge is 0.241 e. The molecule has 1 saturated carbocycles. The van der Waals surface area contributed by atoms with E-state index in [2.05, 4.69) is 20.8 Å². The summed E-state index contributed by atoms with van der Waals surface area (Å²) < 4.78 is 0. The van der Waals surface area contributed by atoms with Gasteiger partial charge in [0.25, 0.3) is 0 Å². The Morgan fingerprint density at radius 2 is 2.00 bits per heavy atom. The van der Waals surface area contributed by atoms with Gasteiger partial charge in [0.1, 0.15) is 0 Å². The lowest BCUT2D eigenvalue weighted by molar-refractivity contribution is -0.125. The molecule has 1 aromatic heterocycles. The number of aliphatic hydroxyl groups is 1. The van der Waals surface area contributed by atoms with E-state index in [1.807, 2.05) is 0 Å². The fourth-order valence-electron chi connectivity index (χ4n) is 2.04. The van der Waals surface area contributed by atoms with Gasteiger partial charge in [0.2, 0.25) is 11.9 Å². The molecule has 1 aliphatic carbocycles. The third-order valence-electron chi connectivity index (χ3n) is 2.90. The minimum atomic E-state index is -0.830. The van der Waals surface area contributed by atoms with Crippen LogP contribution in [-0.4, -0.2) is 26.6 Å². The highest BCUT2D eigenvalue weighted by Crippen LogP contribution is 2.32. The van der Waals surface area contributed by atoms with Crippen LogP contribution < -0.4 is 10.9 Å². The molecule has 0 unspecified atom stereocenters. The minimum absolute atomic E-state index is 0.118. The molecule has 1 amide bonds. The number of nitrogens with zero attached hydrogens (tertiary/aromatic N) is 2. The van der Waals surface area contributed by atoms with E-state index in [1.165, 1.54) is 0 Å². The molecule has 2 rings (SSSR count). The molecule has 1 aliphatic rings. The van der Waals surface area contributed by atoms with E-state index in [0.717, 1.165) is 12.8 Å². The molecular weight excluding hydrogens is 220 g/mol. The third-order valence-corrected chi connectivity index (χ3v) is 2.90. The van der Waals surface area contributed by atoms with Crippen LogP contribution in [0.1, 0.15) is 32.1 Å². The number of nitrogens with one attached hydrogen (secondary N) is 2. The first-order valence-corrected chi connectivity index (χ1v) is 5.72. The van der Waals surface area contributed by atoms with Gasteiger partial charge in [-0.05, 0) is 18.9 Å². The van der Waals surface area contributed by atoms with Gasteiger partial charge in [-0.3, -0.25) is 15.6 Å². The highest BCUT2D eigenvalue weighted by Gasteiger charge is 2.33. The maximum atomic E-state index is 11.6. The Bertz CT molecular complexity index is 376. The Morgan fingerprint density at radius 1 is 1.35 bits per heavy atom. The summed E-state index contributed by atoms with van der Waals surface area (Å²) in [6.45, 7) is 0. The van der Waals surface area contributed by atoms with Crippen LogP contribution in [0.5, 0.6) is 0 Å². The first-order chi connectivity index (χ1) is 8.18. The molecule has 6 nitrogen and oxygen atoms in total. The second kappa shape index (κ2) is 5.09. The van der Waals surface area contributed by atoms with E-state index in [0.29, 0.717) is 18.8 Å². The van der Waals surface area contributed by atoms with Gasteiger partial charge in [0.05, 0.1) is 12.0 Å². The van der Waals surface area contributed by atoms with E-state index in [-0.39, 0.29) is 12.3 Å². The number of carbonyl (C=O) groups excluding carboxylic acids is 1. The molecule has 0 radical (unpaired) electrons. The number of hydrogen-bond donors (Lipinski definition) is 3. The fourth-order valence-corrected chi connectivity index (χ4v) is 2.04. The van der Waals surface area contributed by atoms with Crippen molar-refractivity contribution < 1.29 is 9.90 Å². The summed E-state index contributed by atoms with van der Waals surface area (Å²) >= 11 is 0. The largest absolute Gasteiger partial charge is 0.389 e. The molecule has 6 heteroatoms. The molecule has 0 spiro atoms. The van der Waals surface area contributed by atoms with Crippen molar-refractivity contribution in [3.8, 4) is 0 Å². The second-order valence-electron chi connectivity index (χ2n) is 4.35. The minimum Gasteiger partial charge on any atom is -0.389 e. The van der Waals surface area contributed by atoms with Gasteiger partial charge in [0.15, 0.2) is 0 Å². The number of anilines is 1. The molecule has 1 heterocycles. The molecule has 92 valence electrons. The van der Waals surface area contributed by atoms with Crippen LogP contribution in [0.3, 0.4) is 0 Å². The van der Waals surface area contributed by atoms with E-state index in [1.54, 1.807) is 18.5 Å². The van der Waals surface area contributed by atoms with Crippen molar-refractivity contribution in [1.82, 2.24) is 15.4 Å². The summed E-state index contributed by atoms with van der Waals surface area (Å²) in [6.07, 6.45) is 6.63. The summed E-state index contributed by atoms with van der Waals surface area (Å²) in [6, 6.07) is 1.69. The Balaban J connectivity index is 1.78. The SMILES string of the molecule is O=C(CC1(O)CCCC1)NNc1ncccn1. The first-order valence-electron chi connectivity index (χ1n) is 5.72. The van der Waals surface area contributed by atoms with Gasteiger partial charge in [-0.1, -0.05) is 12.8 Å². The van der Waals surface area contributed by atoms with Crippen molar-refractivity contribution >= 4 is 11.9 Å². The Labute approximate surface area is 99.4 Å². The summed E-state index contributed by atoms with van der Waals surface area (Å²) in [7, 11) is 0. The standard InChI is InChI=1S/C11H16N4O2/c16-9(8-11(17)4-1-2-5-11)14-15-10-12-6-3-7-13-10/h3,6-7,17H,1-2,4-5,8H2,(H,14,16)(H,12,13,15). The van der Waals surface area contributed by atoms with Crippen LogP contribution >= 0.6 is 0 Å². The number of carbonyl (C=O) groups is 1. The van der Waals surface area contributed by atoms with Crippen molar-refractivity contribution in [3.05, 3.63) is 18.5 Å². The average Bonchev–Trinajstić information content (AvgIpc) is 2.74. The monoisotopic (exact) mass is 236 g/mol. The Hall–Kier alpha value is -1.69. The highest BCUT2D eigenvalue weighted by molar-refractivity contribution is 5.78. The molecular formula is C11H16N4O2. The first kappa shape index (κ1) is 11.8. The molecule has 17 heavy (non-hydrogen) atoms. The molecule has 0 saturated heterocycles. The number of amides is 1. The van der Waals surface area contributed by atoms with Crippen LogP contribution in [0, 0.1) is 0 Å². The lowest BCUT2D eigenvalue weighted by Gasteiger charge is -2.21. The van der Waals surface area contributed by atoms with Crippen LogP contribution in [-0.2, 0) is 4.79 Å². The zero-order valence-electron chi connectivity index (χ0n) is 9.52. The van der Waals surface area contributed by atoms with Crippen molar-refractivity contribution in [1.29, 1.82) is 0 Å². The average molecular weight is 236 g/mol. The number of aromatic nitrogens is 2. The summed E-state index contributed by atoms with van der Waals surface area (Å²) in [5.74, 6) is 0.0844. The third kappa shape index (κ3) is 3.39. The predicted molar refractivity (Wildman–Crippen MR) is 61.8 cm³/mol. The van der Waals surface area contributed by atoms with Crippen LogP contribution in [0.25, 0.3) is 0 Å². The molecule has 1 aromatic rings. The van der Waals surface area contributed by atoms with Crippen molar-refractivity contribution in [3.63, 3.8) is 0 Å². The van der Waals surface area contributed by atoms with Crippen molar-refractivity contribution in [2.75, 3.05) is 5.43 Å². The normalized spacial score (nSPS) is 17.7. The Kier molecular flexibility index (Phi) is 3.53. The lowest BCUT2D eigenvalue weighted by atomic mass is 9.98. The summed E-state index contributed by atoms with van der Waals surface area (Å²) in [4.78, 5) is 19.4. The van der Waals surface area contributed by atoms with E-state index in [9.17, 15) is 9.90 Å². The van der Waals surface area contributed by atoms with Gasteiger partial charge >= 0.3 is 0 Å². The van der Waals surface area contributed by atoms with Crippen LogP contribution in [0.15, 0.2) is 18.5 Å². The number of hydrazine groups is 1. The van der Waals surface area contributed by atoms with Gasteiger partial charge in [-0.2, -0.15) is 0 Å². The lowest BCUT2D eigenvalue weighted by Crippen LogP contribution is -2.37. The van der Waals surface area contributed by atoms with E-state index in [4.69, 9.17) is 0 Å². The van der Waals surface area contributed by atoms with Gasteiger partial charge in [0, 0.05) is 12.4 Å². The van der Waals surface area contributed by atoms with E-state index >= 15 is 0 Å². The zero-order chi connectivity index (χ0) is 12.1. The van der Waals surface area contributed by atoms with Crippen LogP contribution in [0.4, 0.5) is 5.95 Å². The number of rotatable bonds is 4. The summed E-state index contributed by atoms with van der Waals surface area (Å²) in [5.41, 5.74) is 4.25. The van der Waals surface area contributed by atoms with Crippen molar-refractivity contribution in [2.45, 2.75) is 37.7 Å². The van der Waals surface area contributed by atoms with Gasteiger partial charge < -0.3 is 5.11 Å². The van der Waals surface area contributed by atoms with E-state index < -0.39 is 5.60 Å². The molecule has 0 aromatic carbocycles. The maximum Gasteiger partial charge on any atom is 0.241 e. The maximum absolute atomic E-state index is 11.6. The van der Waals surface area contributed by atoms with Crippen molar-refractivity contribution in [2.24, 2.45) is 0 Å². The van der Waals surface area contributed by atoms with Gasteiger partial charge in [-0.15, -0.1) is 0 Å². The molecule has 0 bridgehead atoms. The highest BCUT2D eigenvalue weighted by atomic mass is 16.3. The Morgan fingerprint density at radius 3 is 2.65 bits per heavy atom. The topological polar surface area (TPSA) is 87.1 Å². The second-order valence-corrected chi connectivity index (χ2v) is 4.35. The zero-order valence-corrected chi connectivity index (χ0v) is 9.52. The quantitative estimate of drug-likeness (QED) is 0.667. The predicted octanol–water partition coefficient (Wildman–Crippen LogP) is 0.615. The molecule has 3 N–H and O–H groups in total. The summed E-state index contributed by atoms with van der Waals surface area (Å²) in [5, 5.41) is 10.0. The number of hydrogen-bond acceptors (Lipinski definition) is 5. The fraction of sp³-hybridized carbons (Fsp3) is 0.545. The van der Waals surface area contributed by atoms with Crippen LogP contribution in [0.2, 0.25) is 0 Å². The van der Waals surface area contributed by atoms with Gasteiger partial charge in [-0.25, -0.2) is 9.97 Å². The molecule has 0 atom stereocenters. The molecule has 0 aliphatic heterocycles.